The average Bonchev–Trinajstić information content (AvgIpc) is 3.10. The van der Waals surface area contributed by atoms with Crippen molar-refractivity contribution in [2.75, 3.05) is 7.05 Å². The molecule has 0 aliphatic heterocycles. The van der Waals surface area contributed by atoms with E-state index in [0.29, 0.717) is 0 Å². The van der Waals surface area contributed by atoms with E-state index in [0.717, 1.165) is 17.3 Å². The van der Waals surface area contributed by atoms with Crippen molar-refractivity contribution in [1.29, 1.82) is 0 Å². The first-order chi connectivity index (χ1) is 8.86. The summed E-state index contributed by atoms with van der Waals surface area (Å²) in [6.07, 6.45) is 3.84. The van der Waals surface area contributed by atoms with E-state index in [2.05, 4.69) is 39.8 Å². The normalized spacial score (nSPS) is 16.7. The summed E-state index contributed by atoms with van der Waals surface area (Å²) in [5, 5.41) is 14.2. The lowest BCUT2D eigenvalue weighted by atomic mass is 10.1. The van der Waals surface area contributed by atoms with Crippen LogP contribution in [0.25, 0.3) is 0 Å². The van der Waals surface area contributed by atoms with E-state index in [1.165, 1.54) is 23.4 Å². The molecule has 3 nitrogen and oxygen atoms in total. The highest BCUT2D eigenvalue weighted by Gasteiger charge is 2.24. The smallest absolute Gasteiger partial charge is 0.139 e. The van der Waals surface area contributed by atoms with E-state index in [-0.39, 0.29) is 6.04 Å². The van der Waals surface area contributed by atoms with Crippen LogP contribution in [-0.4, -0.2) is 17.2 Å². The van der Waals surface area contributed by atoms with Gasteiger partial charge in [-0.2, -0.15) is 0 Å². The maximum absolute atomic E-state index is 4.35. The number of hydrogen-bond donors (Lipinski definition) is 1. The maximum Gasteiger partial charge on any atom is 0.139 e. The third kappa shape index (κ3) is 2.60. The van der Waals surface area contributed by atoms with Crippen LogP contribution in [0.1, 0.15) is 34.5 Å². The van der Waals surface area contributed by atoms with E-state index in [1.807, 2.05) is 13.1 Å². The van der Waals surface area contributed by atoms with Crippen LogP contribution < -0.4 is 5.32 Å². The van der Waals surface area contributed by atoms with Crippen LogP contribution in [0.5, 0.6) is 0 Å². The summed E-state index contributed by atoms with van der Waals surface area (Å²) >= 11 is 1.74. The molecule has 4 heteroatoms. The Labute approximate surface area is 111 Å². The summed E-state index contributed by atoms with van der Waals surface area (Å²) in [6, 6.07) is 10.6. The Balaban J connectivity index is 1.80. The monoisotopic (exact) mass is 259 g/mol. The second kappa shape index (κ2) is 5.16. The summed E-state index contributed by atoms with van der Waals surface area (Å²) in [5.41, 5.74) is 1.24. The van der Waals surface area contributed by atoms with Crippen molar-refractivity contribution in [2.45, 2.75) is 25.3 Å². The first-order valence-electron chi connectivity index (χ1n) is 6.41. The van der Waals surface area contributed by atoms with E-state index in [1.54, 1.807) is 11.3 Å². The van der Waals surface area contributed by atoms with Crippen LogP contribution in [-0.2, 0) is 6.42 Å². The van der Waals surface area contributed by atoms with Gasteiger partial charge in [0.15, 0.2) is 0 Å². The molecule has 3 rings (SSSR count). The second-order valence-electron chi connectivity index (χ2n) is 4.81. The lowest BCUT2D eigenvalue weighted by molar-refractivity contribution is 0.675. The Kier molecular flexibility index (Phi) is 3.39. The van der Waals surface area contributed by atoms with Crippen LogP contribution in [0.4, 0.5) is 0 Å². The zero-order valence-corrected chi connectivity index (χ0v) is 11.3. The zero-order valence-electron chi connectivity index (χ0n) is 10.5. The molecule has 1 aliphatic rings. The molecule has 1 aromatic heterocycles. The molecule has 94 valence electrons. The largest absolute Gasteiger partial charge is 0.307 e. The molecule has 1 unspecified atom stereocenters. The molecule has 1 fully saturated rings. The van der Waals surface area contributed by atoms with Crippen molar-refractivity contribution in [3.8, 4) is 0 Å². The van der Waals surface area contributed by atoms with Crippen molar-refractivity contribution >= 4 is 11.3 Å². The molecule has 0 saturated heterocycles. The molecule has 0 bridgehead atoms. The maximum atomic E-state index is 4.35. The lowest BCUT2D eigenvalue weighted by Gasteiger charge is -2.12. The van der Waals surface area contributed by atoms with Gasteiger partial charge in [-0.1, -0.05) is 41.7 Å². The van der Waals surface area contributed by atoms with Crippen molar-refractivity contribution in [1.82, 2.24) is 15.5 Å². The Morgan fingerprint density at radius 1 is 1.28 bits per heavy atom. The van der Waals surface area contributed by atoms with Crippen molar-refractivity contribution in [3.05, 3.63) is 45.9 Å². The number of hydrogen-bond acceptors (Lipinski definition) is 4. The van der Waals surface area contributed by atoms with Gasteiger partial charge in [-0.3, -0.25) is 0 Å². The molecule has 1 saturated carbocycles. The highest BCUT2D eigenvalue weighted by Crippen LogP contribution is 2.34. The van der Waals surface area contributed by atoms with Gasteiger partial charge in [0.25, 0.3) is 0 Å². The number of benzene rings is 1. The Hall–Kier alpha value is -1.26. The molecule has 0 spiro atoms. The van der Waals surface area contributed by atoms with Crippen molar-refractivity contribution < 1.29 is 0 Å². The van der Waals surface area contributed by atoms with Crippen LogP contribution >= 0.6 is 11.3 Å². The first-order valence-corrected chi connectivity index (χ1v) is 7.23. The predicted octanol–water partition coefficient (Wildman–Crippen LogP) is 2.80. The molecule has 1 atom stereocenters. The fourth-order valence-electron chi connectivity index (χ4n) is 2.11. The summed E-state index contributed by atoms with van der Waals surface area (Å²) in [6.45, 7) is 0. The van der Waals surface area contributed by atoms with E-state index >= 15 is 0 Å². The highest BCUT2D eigenvalue weighted by atomic mass is 32.1. The van der Waals surface area contributed by atoms with E-state index in [4.69, 9.17) is 0 Å². The minimum Gasteiger partial charge on any atom is -0.307 e. The van der Waals surface area contributed by atoms with Crippen LogP contribution in [0, 0.1) is 5.92 Å². The van der Waals surface area contributed by atoms with Gasteiger partial charge in [0, 0.05) is 6.42 Å². The minimum absolute atomic E-state index is 0.164. The van der Waals surface area contributed by atoms with Gasteiger partial charge in [0.2, 0.25) is 0 Å². The number of aromatic nitrogens is 2. The molecule has 0 amide bonds. The molecule has 1 aliphatic carbocycles. The minimum atomic E-state index is 0.164. The quantitative estimate of drug-likeness (QED) is 0.897. The molecule has 2 aromatic rings. The Morgan fingerprint density at radius 2 is 2.06 bits per heavy atom. The van der Waals surface area contributed by atoms with Crippen LogP contribution in [0.3, 0.4) is 0 Å². The predicted molar refractivity (Wildman–Crippen MR) is 73.7 cm³/mol. The first kappa shape index (κ1) is 11.8. The van der Waals surface area contributed by atoms with Gasteiger partial charge in [-0.05, 0) is 31.4 Å². The lowest BCUT2D eigenvalue weighted by Crippen LogP contribution is -2.17. The fourth-order valence-corrected chi connectivity index (χ4v) is 3.21. The zero-order chi connectivity index (χ0) is 12.4. The molecular formula is C14H17N3S. The third-order valence-corrected chi connectivity index (χ3v) is 4.32. The van der Waals surface area contributed by atoms with Gasteiger partial charge in [-0.15, -0.1) is 10.2 Å². The Morgan fingerprint density at radius 3 is 2.72 bits per heavy atom. The van der Waals surface area contributed by atoms with Gasteiger partial charge in [-0.25, -0.2) is 0 Å². The van der Waals surface area contributed by atoms with Gasteiger partial charge in [0.1, 0.15) is 10.0 Å². The molecular weight excluding hydrogens is 242 g/mol. The van der Waals surface area contributed by atoms with Crippen LogP contribution in [0.2, 0.25) is 0 Å². The molecule has 1 aromatic carbocycles. The standard InChI is InChI=1S/C14H17N3S/c1-15-13(11-5-3-2-4-6-11)14-17-16-12(18-14)9-10-7-8-10/h2-6,10,13,15H,7-9H2,1H3. The van der Waals surface area contributed by atoms with Gasteiger partial charge < -0.3 is 5.32 Å². The second-order valence-corrected chi connectivity index (χ2v) is 5.91. The molecule has 1 heterocycles. The summed E-state index contributed by atoms with van der Waals surface area (Å²) in [5.74, 6) is 0.871. The summed E-state index contributed by atoms with van der Waals surface area (Å²) in [4.78, 5) is 0. The van der Waals surface area contributed by atoms with E-state index in [9.17, 15) is 0 Å². The molecule has 0 radical (unpaired) electrons. The third-order valence-electron chi connectivity index (χ3n) is 3.31. The highest BCUT2D eigenvalue weighted by molar-refractivity contribution is 7.11. The average molecular weight is 259 g/mol. The summed E-state index contributed by atoms with van der Waals surface area (Å²) in [7, 11) is 1.97. The number of nitrogens with zero attached hydrogens (tertiary/aromatic N) is 2. The van der Waals surface area contributed by atoms with Crippen molar-refractivity contribution in [2.24, 2.45) is 5.92 Å². The number of nitrogens with one attached hydrogen (secondary N) is 1. The van der Waals surface area contributed by atoms with Crippen LogP contribution in [0.15, 0.2) is 30.3 Å². The summed E-state index contributed by atoms with van der Waals surface area (Å²) < 4.78 is 0. The van der Waals surface area contributed by atoms with E-state index < -0.39 is 0 Å². The Bertz CT molecular complexity index is 505. The van der Waals surface area contributed by atoms with Crippen molar-refractivity contribution in [3.63, 3.8) is 0 Å². The van der Waals surface area contributed by atoms with Gasteiger partial charge in [0.05, 0.1) is 6.04 Å². The molecule has 1 N–H and O–H groups in total. The SMILES string of the molecule is CNC(c1ccccc1)c1nnc(CC2CC2)s1. The topological polar surface area (TPSA) is 37.8 Å². The van der Waals surface area contributed by atoms with Gasteiger partial charge >= 0.3 is 0 Å². The number of rotatable bonds is 5. The fraction of sp³-hybridized carbons (Fsp3) is 0.429. The molecule has 18 heavy (non-hydrogen) atoms.